The summed E-state index contributed by atoms with van der Waals surface area (Å²) in [5.41, 5.74) is 25.2. The summed E-state index contributed by atoms with van der Waals surface area (Å²) in [5.74, 6) is 0. The molecule has 8 N–H and O–H groups in total. The maximum absolute atomic E-state index is 12.4. The van der Waals surface area contributed by atoms with Gasteiger partial charge in [-0.15, -0.1) is 0 Å². The van der Waals surface area contributed by atoms with Crippen molar-refractivity contribution in [1.29, 1.82) is 0 Å². The van der Waals surface area contributed by atoms with Gasteiger partial charge in [-0.2, -0.15) is 13.2 Å². The summed E-state index contributed by atoms with van der Waals surface area (Å²) < 4.78 is 39.2. The number of alkyl halides is 3. The normalized spacial score (nSPS) is 13.4. The van der Waals surface area contributed by atoms with E-state index in [0.29, 0.717) is 10.0 Å². The Labute approximate surface area is 285 Å². The molecule has 240 valence electrons. The maximum Gasteiger partial charge on any atom is 0.416 e. The third kappa shape index (κ3) is 14.4. The Hall–Kier alpha value is -1.95. The van der Waals surface area contributed by atoms with Crippen molar-refractivity contribution in [2.45, 2.75) is 58.0 Å². The van der Waals surface area contributed by atoms with Crippen LogP contribution < -0.4 is 22.9 Å². The molecule has 4 aromatic carbocycles. The van der Waals surface area contributed by atoms with Gasteiger partial charge in [0.15, 0.2) is 0 Å². The van der Waals surface area contributed by atoms with Gasteiger partial charge < -0.3 is 22.9 Å². The quantitative estimate of drug-likeness (QED) is 0.166. The van der Waals surface area contributed by atoms with Crippen LogP contribution in [0.4, 0.5) is 13.2 Å². The minimum absolute atomic E-state index is 0.00441. The summed E-state index contributed by atoms with van der Waals surface area (Å²) in [7, 11) is 0. The second-order valence-corrected chi connectivity index (χ2v) is 12.6. The van der Waals surface area contributed by atoms with Crippen molar-refractivity contribution in [1.82, 2.24) is 0 Å². The van der Waals surface area contributed by atoms with Gasteiger partial charge in [-0.05, 0) is 86.3 Å². The van der Waals surface area contributed by atoms with Crippen LogP contribution in [0.3, 0.4) is 0 Å². The molecule has 0 fully saturated rings. The number of hydrogen-bond donors (Lipinski definition) is 4. The lowest BCUT2D eigenvalue weighted by Crippen LogP contribution is -2.14. The Morgan fingerprint density at radius 1 is 0.568 bits per heavy atom. The van der Waals surface area contributed by atoms with Crippen molar-refractivity contribution >= 4 is 55.1 Å². The Kier molecular flexibility index (Phi) is 17.8. The second kappa shape index (κ2) is 19.5. The number of halogens is 7. The van der Waals surface area contributed by atoms with Gasteiger partial charge in [0.1, 0.15) is 0 Å². The second-order valence-electron chi connectivity index (χ2n) is 9.99. The summed E-state index contributed by atoms with van der Waals surface area (Å²) in [6.07, 6.45) is -4.32. The minimum atomic E-state index is -4.32. The predicted octanol–water partition coefficient (Wildman–Crippen LogP) is 10.7. The molecule has 0 amide bonds. The largest absolute Gasteiger partial charge is 0.416 e. The van der Waals surface area contributed by atoms with Gasteiger partial charge in [-0.25, -0.2) is 0 Å². The van der Waals surface area contributed by atoms with E-state index in [1.165, 1.54) is 19.1 Å². The number of hydrogen-bond acceptors (Lipinski definition) is 4. The van der Waals surface area contributed by atoms with E-state index in [9.17, 15) is 13.2 Å². The first-order valence-corrected chi connectivity index (χ1v) is 15.9. The molecule has 44 heavy (non-hydrogen) atoms. The lowest BCUT2D eigenvalue weighted by Gasteiger charge is -2.14. The molecule has 4 atom stereocenters. The summed E-state index contributed by atoms with van der Waals surface area (Å²) in [6, 6.07) is 26.4. The third-order valence-electron chi connectivity index (χ3n) is 6.00. The van der Waals surface area contributed by atoms with Gasteiger partial charge in [-0.1, -0.05) is 110 Å². The standard InChI is InChI=1S/C9H10F3N.2C8H10BrN.C8H9Cl2N/c1-6(13)7-4-2-3-5-8(7)9(10,11)12;1-6(10)7-3-2-4-8(9)5-7;1-6(10)7-4-2-3-5-8(7)9;1-5(11)6-2-3-7(9)8(10)4-6/h2-6H,13H2,1H3;2*2-6H,10H2,1H3;2-5H,11H2,1H3. The van der Waals surface area contributed by atoms with Crippen molar-refractivity contribution in [3.63, 3.8) is 0 Å². The molecule has 0 aliphatic carbocycles. The Balaban J connectivity index is 0.000000295. The molecule has 0 heterocycles. The highest BCUT2D eigenvalue weighted by Gasteiger charge is 2.33. The zero-order chi connectivity index (χ0) is 33.6. The molecular weight excluding hydrogens is 740 g/mol. The van der Waals surface area contributed by atoms with E-state index in [1.807, 2.05) is 75.4 Å². The molecule has 0 aromatic heterocycles. The van der Waals surface area contributed by atoms with E-state index in [2.05, 4.69) is 31.9 Å². The molecule has 0 aliphatic rings. The van der Waals surface area contributed by atoms with Gasteiger partial charge in [0, 0.05) is 33.1 Å². The van der Waals surface area contributed by atoms with Crippen LogP contribution in [0, 0.1) is 0 Å². The average molecular weight is 779 g/mol. The van der Waals surface area contributed by atoms with Gasteiger partial charge in [0.25, 0.3) is 0 Å². The van der Waals surface area contributed by atoms with Crippen LogP contribution >= 0.6 is 55.1 Å². The van der Waals surface area contributed by atoms with E-state index >= 15 is 0 Å². The zero-order valence-electron chi connectivity index (χ0n) is 24.9. The van der Waals surface area contributed by atoms with E-state index in [4.69, 9.17) is 46.1 Å². The molecule has 4 aromatic rings. The van der Waals surface area contributed by atoms with Crippen LogP contribution in [-0.2, 0) is 6.18 Å². The Bertz CT molecular complexity index is 1430. The number of benzene rings is 4. The van der Waals surface area contributed by atoms with Crippen molar-refractivity contribution in [3.05, 3.63) is 138 Å². The van der Waals surface area contributed by atoms with E-state index in [0.717, 1.165) is 31.7 Å². The van der Waals surface area contributed by atoms with Crippen molar-refractivity contribution in [2.75, 3.05) is 0 Å². The van der Waals surface area contributed by atoms with Crippen LogP contribution in [-0.4, -0.2) is 0 Å². The molecule has 0 saturated carbocycles. The highest BCUT2D eigenvalue weighted by Crippen LogP contribution is 2.33. The minimum Gasteiger partial charge on any atom is -0.324 e. The molecule has 4 nitrogen and oxygen atoms in total. The first-order valence-electron chi connectivity index (χ1n) is 13.6. The molecule has 11 heteroatoms. The van der Waals surface area contributed by atoms with Gasteiger partial charge in [0.2, 0.25) is 0 Å². The lowest BCUT2D eigenvalue weighted by molar-refractivity contribution is -0.138. The van der Waals surface area contributed by atoms with Gasteiger partial charge in [0.05, 0.1) is 15.6 Å². The highest BCUT2D eigenvalue weighted by molar-refractivity contribution is 9.10. The van der Waals surface area contributed by atoms with Crippen molar-refractivity contribution < 1.29 is 13.2 Å². The average Bonchev–Trinajstić information content (AvgIpc) is 2.95. The van der Waals surface area contributed by atoms with Crippen LogP contribution in [0.5, 0.6) is 0 Å². The Morgan fingerprint density at radius 2 is 1.07 bits per heavy atom. The fourth-order valence-electron chi connectivity index (χ4n) is 3.58. The molecule has 0 radical (unpaired) electrons. The molecule has 0 saturated heterocycles. The monoisotopic (exact) mass is 776 g/mol. The van der Waals surface area contributed by atoms with Gasteiger partial charge in [-0.3, -0.25) is 0 Å². The molecule has 0 spiro atoms. The molecule has 0 aliphatic heterocycles. The number of nitrogens with two attached hydrogens (primary N) is 4. The SMILES string of the molecule is CC(N)c1ccc(Cl)c(Cl)c1.CC(N)c1cccc(Br)c1.CC(N)c1ccccc1Br.CC(N)c1ccccc1C(F)(F)F. The molecule has 4 rings (SSSR count). The Morgan fingerprint density at radius 3 is 1.45 bits per heavy atom. The van der Waals surface area contributed by atoms with Gasteiger partial charge >= 0.3 is 6.18 Å². The summed E-state index contributed by atoms with van der Waals surface area (Å²) in [6.45, 7) is 7.38. The zero-order valence-corrected chi connectivity index (χ0v) is 29.6. The van der Waals surface area contributed by atoms with Crippen molar-refractivity contribution in [2.24, 2.45) is 22.9 Å². The lowest BCUT2D eigenvalue weighted by atomic mass is 10.0. The molecule has 0 bridgehead atoms. The van der Waals surface area contributed by atoms with Crippen LogP contribution in [0.2, 0.25) is 10.0 Å². The molecule has 4 unspecified atom stereocenters. The van der Waals surface area contributed by atoms with Crippen LogP contribution in [0.25, 0.3) is 0 Å². The summed E-state index contributed by atoms with van der Waals surface area (Å²) >= 11 is 18.3. The number of rotatable bonds is 4. The fraction of sp³-hybridized carbons (Fsp3) is 0.273. The fourth-order valence-corrected chi connectivity index (χ4v) is 4.95. The molecular formula is C33H39Br2Cl2F3N4. The third-order valence-corrected chi connectivity index (χ3v) is 7.95. The van der Waals surface area contributed by atoms with Crippen LogP contribution in [0.15, 0.2) is 99.9 Å². The van der Waals surface area contributed by atoms with Crippen molar-refractivity contribution in [3.8, 4) is 0 Å². The first-order chi connectivity index (χ1) is 20.4. The first kappa shape index (κ1) is 40.1. The maximum atomic E-state index is 12.4. The van der Waals surface area contributed by atoms with E-state index in [1.54, 1.807) is 18.2 Å². The van der Waals surface area contributed by atoms with E-state index in [-0.39, 0.29) is 23.7 Å². The van der Waals surface area contributed by atoms with Crippen LogP contribution in [0.1, 0.15) is 79.7 Å². The smallest absolute Gasteiger partial charge is 0.324 e. The highest BCUT2D eigenvalue weighted by atomic mass is 79.9. The topological polar surface area (TPSA) is 104 Å². The summed E-state index contributed by atoms with van der Waals surface area (Å²) in [4.78, 5) is 0. The van der Waals surface area contributed by atoms with E-state index < -0.39 is 17.8 Å². The summed E-state index contributed by atoms with van der Waals surface area (Å²) in [5, 5.41) is 1.12. The predicted molar refractivity (Wildman–Crippen MR) is 187 cm³/mol.